The molecule has 0 aliphatic rings. The quantitative estimate of drug-likeness (QED) is 0.287. The molecule has 6 heteroatoms. The lowest BCUT2D eigenvalue weighted by molar-refractivity contribution is -0.141. The zero-order valence-corrected chi connectivity index (χ0v) is 22.6. The fraction of sp³-hybridized carbons (Fsp3) is 0.333. The molecule has 0 aliphatic heterocycles. The van der Waals surface area contributed by atoms with Crippen LogP contribution in [0.2, 0.25) is 10.0 Å². The van der Waals surface area contributed by atoms with Crippen LogP contribution >= 0.6 is 23.2 Å². The number of halogens is 2. The second-order valence-electron chi connectivity index (χ2n) is 9.09. The second kappa shape index (κ2) is 13.5. The van der Waals surface area contributed by atoms with Crippen LogP contribution < -0.4 is 5.32 Å². The van der Waals surface area contributed by atoms with Gasteiger partial charge in [-0.3, -0.25) is 9.59 Å². The highest BCUT2D eigenvalue weighted by molar-refractivity contribution is 6.42. The van der Waals surface area contributed by atoms with Crippen LogP contribution in [-0.4, -0.2) is 28.8 Å². The Bertz CT molecular complexity index is 1100. The van der Waals surface area contributed by atoms with E-state index >= 15 is 0 Å². The molecule has 4 nitrogen and oxygen atoms in total. The normalized spacial score (nSPS) is 12.7. The van der Waals surface area contributed by atoms with E-state index in [4.69, 9.17) is 23.2 Å². The molecule has 190 valence electrons. The number of carbonyl (C=O) groups excluding carboxylic acids is 2. The summed E-state index contributed by atoms with van der Waals surface area (Å²) >= 11 is 12.4. The third-order valence-electron chi connectivity index (χ3n) is 6.51. The molecule has 2 atom stereocenters. The van der Waals surface area contributed by atoms with E-state index in [-0.39, 0.29) is 36.7 Å². The fourth-order valence-corrected chi connectivity index (χ4v) is 4.61. The molecule has 0 bridgehead atoms. The first-order chi connectivity index (χ1) is 17.3. The standard InChI is InChI=1S/C30H34Cl2N2O2/c1-4-21(3)33-30(36)28(5-2)34(20-22-16-17-26(31)27(32)18-22)29(35)19-25(23-12-8-6-9-13-23)24-14-10-7-11-15-24/h6-18,21,25,28H,4-5,19-20H2,1-3H3,(H,33,36)/t21-,28-/m0/s1. The van der Waals surface area contributed by atoms with E-state index in [2.05, 4.69) is 5.32 Å². The first-order valence-electron chi connectivity index (χ1n) is 12.5. The van der Waals surface area contributed by atoms with Crippen molar-refractivity contribution in [3.63, 3.8) is 0 Å². The zero-order valence-electron chi connectivity index (χ0n) is 21.1. The Balaban J connectivity index is 1.96. The average Bonchev–Trinajstić information content (AvgIpc) is 2.90. The molecule has 0 fully saturated rings. The smallest absolute Gasteiger partial charge is 0.243 e. The van der Waals surface area contributed by atoms with E-state index in [9.17, 15) is 9.59 Å². The Morgan fingerprint density at radius 2 is 1.42 bits per heavy atom. The Hall–Kier alpha value is -2.82. The van der Waals surface area contributed by atoms with Gasteiger partial charge in [0.25, 0.3) is 0 Å². The van der Waals surface area contributed by atoms with Crippen molar-refractivity contribution >= 4 is 35.0 Å². The molecule has 2 amide bonds. The Labute approximate surface area is 224 Å². The lowest BCUT2D eigenvalue weighted by Crippen LogP contribution is -2.51. The van der Waals surface area contributed by atoms with Crippen molar-refractivity contribution in [2.75, 3.05) is 0 Å². The predicted octanol–water partition coefficient (Wildman–Crippen LogP) is 7.24. The topological polar surface area (TPSA) is 49.4 Å². The van der Waals surface area contributed by atoms with Crippen molar-refractivity contribution < 1.29 is 9.59 Å². The van der Waals surface area contributed by atoms with Crippen LogP contribution in [0.5, 0.6) is 0 Å². The monoisotopic (exact) mass is 524 g/mol. The Morgan fingerprint density at radius 1 is 0.833 bits per heavy atom. The average molecular weight is 526 g/mol. The van der Waals surface area contributed by atoms with Gasteiger partial charge in [0, 0.05) is 24.9 Å². The van der Waals surface area contributed by atoms with Gasteiger partial charge < -0.3 is 10.2 Å². The molecule has 0 spiro atoms. The number of hydrogen-bond acceptors (Lipinski definition) is 2. The number of nitrogens with zero attached hydrogens (tertiary/aromatic N) is 1. The van der Waals surface area contributed by atoms with Gasteiger partial charge in [-0.25, -0.2) is 0 Å². The van der Waals surface area contributed by atoms with E-state index in [1.54, 1.807) is 17.0 Å². The van der Waals surface area contributed by atoms with Gasteiger partial charge in [-0.05, 0) is 48.6 Å². The molecule has 3 aromatic rings. The van der Waals surface area contributed by atoms with Crippen molar-refractivity contribution in [3.05, 3.63) is 106 Å². The van der Waals surface area contributed by atoms with E-state index < -0.39 is 6.04 Å². The Morgan fingerprint density at radius 3 is 1.92 bits per heavy atom. The van der Waals surface area contributed by atoms with Crippen LogP contribution in [0.3, 0.4) is 0 Å². The highest BCUT2D eigenvalue weighted by atomic mass is 35.5. The van der Waals surface area contributed by atoms with Crippen LogP contribution in [0.1, 0.15) is 62.6 Å². The summed E-state index contributed by atoms with van der Waals surface area (Å²) in [5.74, 6) is -0.368. The molecule has 0 aliphatic carbocycles. The van der Waals surface area contributed by atoms with E-state index in [0.717, 1.165) is 23.1 Å². The van der Waals surface area contributed by atoms with Crippen molar-refractivity contribution in [2.24, 2.45) is 0 Å². The summed E-state index contributed by atoms with van der Waals surface area (Å²) < 4.78 is 0. The summed E-state index contributed by atoms with van der Waals surface area (Å²) in [7, 11) is 0. The van der Waals surface area contributed by atoms with E-state index in [1.807, 2.05) is 87.5 Å². The number of carbonyl (C=O) groups is 2. The molecule has 36 heavy (non-hydrogen) atoms. The number of nitrogens with one attached hydrogen (secondary N) is 1. The number of amides is 2. The van der Waals surface area contributed by atoms with Gasteiger partial charge in [0.05, 0.1) is 10.0 Å². The molecule has 1 N–H and O–H groups in total. The van der Waals surface area contributed by atoms with Gasteiger partial charge in [-0.1, -0.05) is 104 Å². The second-order valence-corrected chi connectivity index (χ2v) is 9.90. The molecule has 0 aromatic heterocycles. The molecular formula is C30H34Cl2N2O2. The van der Waals surface area contributed by atoms with Crippen LogP contribution in [-0.2, 0) is 16.1 Å². The first-order valence-corrected chi connectivity index (χ1v) is 13.2. The minimum absolute atomic E-state index is 0.0230. The Kier molecular flexibility index (Phi) is 10.4. The highest BCUT2D eigenvalue weighted by Crippen LogP contribution is 2.30. The summed E-state index contributed by atoms with van der Waals surface area (Å²) in [6, 6.07) is 24.8. The van der Waals surface area contributed by atoms with Gasteiger partial charge in [0.2, 0.25) is 11.8 Å². The van der Waals surface area contributed by atoms with Gasteiger partial charge in [-0.2, -0.15) is 0 Å². The minimum atomic E-state index is -0.604. The maximum atomic E-state index is 14.0. The van der Waals surface area contributed by atoms with Crippen molar-refractivity contribution in [1.82, 2.24) is 10.2 Å². The molecule has 0 heterocycles. The lowest BCUT2D eigenvalue weighted by Gasteiger charge is -2.33. The van der Waals surface area contributed by atoms with Crippen LogP contribution in [0.15, 0.2) is 78.9 Å². The summed E-state index contributed by atoms with van der Waals surface area (Å²) in [5, 5.41) is 3.93. The summed E-state index contributed by atoms with van der Waals surface area (Å²) in [4.78, 5) is 29.0. The predicted molar refractivity (Wildman–Crippen MR) is 148 cm³/mol. The van der Waals surface area contributed by atoms with Gasteiger partial charge in [0.15, 0.2) is 0 Å². The largest absolute Gasteiger partial charge is 0.352 e. The molecule has 0 saturated carbocycles. The van der Waals surface area contributed by atoms with Gasteiger partial charge in [0.1, 0.15) is 6.04 Å². The maximum Gasteiger partial charge on any atom is 0.243 e. The minimum Gasteiger partial charge on any atom is -0.352 e. The van der Waals surface area contributed by atoms with E-state index in [1.165, 1.54) is 0 Å². The van der Waals surface area contributed by atoms with Crippen LogP contribution in [0.4, 0.5) is 0 Å². The summed E-state index contributed by atoms with van der Waals surface area (Å²) in [6.45, 7) is 6.19. The van der Waals surface area contributed by atoms with Gasteiger partial charge in [-0.15, -0.1) is 0 Å². The highest BCUT2D eigenvalue weighted by Gasteiger charge is 2.31. The number of hydrogen-bond donors (Lipinski definition) is 1. The van der Waals surface area contributed by atoms with E-state index in [0.29, 0.717) is 16.5 Å². The maximum absolute atomic E-state index is 14.0. The fourth-order valence-electron chi connectivity index (χ4n) is 4.29. The molecule has 0 radical (unpaired) electrons. The molecular weight excluding hydrogens is 491 g/mol. The summed E-state index contributed by atoms with van der Waals surface area (Å²) in [5.41, 5.74) is 2.94. The third-order valence-corrected chi connectivity index (χ3v) is 7.25. The SMILES string of the molecule is CC[C@H](C)NC(=O)[C@H](CC)N(Cc1ccc(Cl)c(Cl)c1)C(=O)CC(c1ccccc1)c1ccccc1. The summed E-state index contributed by atoms with van der Waals surface area (Å²) in [6.07, 6.45) is 1.55. The van der Waals surface area contributed by atoms with Crippen LogP contribution in [0.25, 0.3) is 0 Å². The molecule has 0 saturated heterocycles. The first kappa shape index (κ1) is 27.8. The van der Waals surface area contributed by atoms with Crippen molar-refractivity contribution in [1.29, 1.82) is 0 Å². The molecule has 3 aromatic carbocycles. The number of rotatable bonds is 11. The zero-order chi connectivity index (χ0) is 26.1. The third kappa shape index (κ3) is 7.35. The van der Waals surface area contributed by atoms with Crippen molar-refractivity contribution in [2.45, 2.75) is 64.6 Å². The van der Waals surface area contributed by atoms with Crippen molar-refractivity contribution in [3.8, 4) is 0 Å². The number of benzene rings is 3. The van der Waals surface area contributed by atoms with Gasteiger partial charge >= 0.3 is 0 Å². The molecule has 0 unspecified atom stereocenters. The van der Waals surface area contributed by atoms with Crippen LogP contribution in [0, 0.1) is 0 Å². The lowest BCUT2D eigenvalue weighted by atomic mass is 9.88. The molecule has 3 rings (SSSR count).